The van der Waals surface area contributed by atoms with Crippen molar-refractivity contribution in [2.75, 3.05) is 24.8 Å². The summed E-state index contributed by atoms with van der Waals surface area (Å²) in [5.74, 6) is 0.248. The topological polar surface area (TPSA) is 73.6 Å². The molecule has 0 unspecified atom stereocenters. The van der Waals surface area contributed by atoms with Crippen LogP contribution in [0.25, 0.3) is 0 Å². The van der Waals surface area contributed by atoms with Crippen LogP contribution >= 0.6 is 0 Å². The van der Waals surface area contributed by atoms with Crippen LogP contribution in [0.2, 0.25) is 0 Å². The summed E-state index contributed by atoms with van der Waals surface area (Å²) in [7, 11) is 1.34. The number of nitrogens with two attached hydrogens (primary N) is 1. The zero-order valence-corrected chi connectivity index (χ0v) is 12.1. The van der Waals surface area contributed by atoms with Crippen LogP contribution in [0.4, 0.5) is 17.1 Å². The van der Waals surface area contributed by atoms with Gasteiger partial charge in [0.25, 0.3) is 0 Å². The van der Waals surface area contributed by atoms with Gasteiger partial charge in [0, 0.05) is 0 Å². The molecule has 0 aromatic heterocycles. The van der Waals surface area contributed by atoms with E-state index in [1.54, 1.807) is 18.2 Å². The number of nitrogens with one attached hydrogen (secondary N) is 1. The van der Waals surface area contributed by atoms with Crippen molar-refractivity contribution >= 4 is 23.0 Å². The lowest BCUT2D eigenvalue weighted by Gasteiger charge is -2.16. The molecule has 0 bridgehead atoms. The highest BCUT2D eigenvalue weighted by Gasteiger charge is 2.15. The zero-order valence-electron chi connectivity index (χ0n) is 12.1. The van der Waals surface area contributed by atoms with Crippen LogP contribution in [0.3, 0.4) is 0 Å². The van der Waals surface area contributed by atoms with Crippen LogP contribution in [0.15, 0.2) is 42.5 Å². The molecule has 3 N–H and O–H groups in total. The molecule has 5 nitrogen and oxygen atoms in total. The summed E-state index contributed by atoms with van der Waals surface area (Å²) >= 11 is 0. The molecule has 0 aliphatic rings. The molecule has 110 valence electrons. The Hall–Kier alpha value is -2.69. The zero-order chi connectivity index (χ0) is 15.2. The highest BCUT2D eigenvalue weighted by Crippen LogP contribution is 2.32. The number of para-hydroxylation sites is 3. The fraction of sp³-hybridized carbons (Fsp3) is 0.188. The summed E-state index contributed by atoms with van der Waals surface area (Å²) in [4.78, 5) is 11.8. The van der Waals surface area contributed by atoms with E-state index in [2.05, 4.69) is 5.32 Å². The average Bonchev–Trinajstić information content (AvgIpc) is 2.50. The van der Waals surface area contributed by atoms with Gasteiger partial charge in [-0.25, -0.2) is 4.79 Å². The molecule has 0 radical (unpaired) electrons. The third-order valence-corrected chi connectivity index (χ3v) is 2.95. The maximum atomic E-state index is 11.8. The second-order valence-electron chi connectivity index (χ2n) is 4.32. The van der Waals surface area contributed by atoms with Gasteiger partial charge in [0.15, 0.2) is 0 Å². The van der Waals surface area contributed by atoms with E-state index >= 15 is 0 Å². The van der Waals surface area contributed by atoms with E-state index in [4.69, 9.17) is 15.2 Å². The molecule has 0 heterocycles. The van der Waals surface area contributed by atoms with Gasteiger partial charge in [-0.2, -0.15) is 0 Å². The first-order chi connectivity index (χ1) is 10.2. The number of esters is 1. The average molecular weight is 286 g/mol. The van der Waals surface area contributed by atoms with E-state index in [0.29, 0.717) is 29.3 Å². The minimum Gasteiger partial charge on any atom is -0.492 e. The molecule has 0 saturated carbocycles. The van der Waals surface area contributed by atoms with Crippen LogP contribution in [0.5, 0.6) is 5.75 Å². The molecular weight excluding hydrogens is 268 g/mol. The van der Waals surface area contributed by atoms with Gasteiger partial charge in [0.1, 0.15) is 5.75 Å². The molecule has 2 aromatic rings. The number of carbonyl (C=O) groups is 1. The van der Waals surface area contributed by atoms with Gasteiger partial charge in [-0.05, 0) is 31.2 Å². The van der Waals surface area contributed by atoms with E-state index in [9.17, 15) is 4.79 Å². The number of benzene rings is 2. The monoisotopic (exact) mass is 286 g/mol. The van der Waals surface area contributed by atoms with Crippen LogP contribution in [0.1, 0.15) is 17.3 Å². The molecule has 0 atom stereocenters. The van der Waals surface area contributed by atoms with Gasteiger partial charge in [-0.1, -0.05) is 18.2 Å². The first kappa shape index (κ1) is 14.7. The molecule has 0 aliphatic heterocycles. The van der Waals surface area contributed by atoms with Crippen LogP contribution in [-0.4, -0.2) is 19.7 Å². The third kappa shape index (κ3) is 3.25. The Bertz CT molecular complexity index is 641. The van der Waals surface area contributed by atoms with Gasteiger partial charge in [0.2, 0.25) is 0 Å². The summed E-state index contributed by atoms with van der Waals surface area (Å²) in [5, 5.41) is 3.16. The van der Waals surface area contributed by atoms with E-state index < -0.39 is 5.97 Å². The minimum atomic E-state index is -0.446. The number of anilines is 3. The molecule has 2 aromatic carbocycles. The first-order valence-corrected chi connectivity index (χ1v) is 6.63. The van der Waals surface area contributed by atoms with Crippen LogP contribution < -0.4 is 15.8 Å². The Kier molecular flexibility index (Phi) is 4.66. The van der Waals surface area contributed by atoms with Crippen molar-refractivity contribution in [2.45, 2.75) is 6.92 Å². The van der Waals surface area contributed by atoms with Crippen LogP contribution in [0, 0.1) is 0 Å². The van der Waals surface area contributed by atoms with Crippen LogP contribution in [-0.2, 0) is 4.74 Å². The van der Waals surface area contributed by atoms with Crippen molar-refractivity contribution in [3.63, 3.8) is 0 Å². The molecule has 0 aliphatic carbocycles. The number of nitrogen functional groups attached to an aromatic ring is 1. The molecule has 0 spiro atoms. The first-order valence-electron chi connectivity index (χ1n) is 6.63. The molecule has 0 amide bonds. The number of hydrogen-bond acceptors (Lipinski definition) is 5. The Balaban J connectivity index is 2.42. The van der Waals surface area contributed by atoms with E-state index in [1.807, 2.05) is 31.2 Å². The van der Waals surface area contributed by atoms with Crippen molar-refractivity contribution in [3.05, 3.63) is 48.0 Å². The Morgan fingerprint density at radius 2 is 1.95 bits per heavy atom. The number of carbonyl (C=O) groups excluding carboxylic acids is 1. The maximum Gasteiger partial charge on any atom is 0.340 e. The summed E-state index contributed by atoms with van der Waals surface area (Å²) in [5.41, 5.74) is 8.06. The molecule has 5 heteroatoms. The van der Waals surface area contributed by atoms with Gasteiger partial charge in [-0.3, -0.25) is 0 Å². The highest BCUT2D eigenvalue weighted by atomic mass is 16.5. The maximum absolute atomic E-state index is 11.8. The molecular formula is C16H18N2O3. The fourth-order valence-electron chi connectivity index (χ4n) is 1.98. The van der Waals surface area contributed by atoms with Crippen molar-refractivity contribution in [2.24, 2.45) is 0 Å². The van der Waals surface area contributed by atoms with Crippen molar-refractivity contribution < 1.29 is 14.3 Å². The standard InChI is InChI=1S/C16H18N2O3/c1-3-21-14-10-5-4-9-13(14)18-15-11(16(19)20-2)7-6-8-12(15)17/h4-10,18H,3,17H2,1-2H3. The second kappa shape index (κ2) is 6.65. The van der Waals surface area contributed by atoms with E-state index in [-0.39, 0.29) is 0 Å². The number of ether oxygens (including phenoxy) is 2. The molecule has 0 saturated heterocycles. The minimum absolute atomic E-state index is 0.379. The van der Waals surface area contributed by atoms with Crippen molar-refractivity contribution in [1.29, 1.82) is 0 Å². The Morgan fingerprint density at radius 1 is 1.19 bits per heavy atom. The molecule has 0 fully saturated rings. The SMILES string of the molecule is CCOc1ccccc1Nc1c(N)cccc1C(=O)OC. The highest BCUT2D eigenvalue weighted by molar-refractivity contribution is 6.00. The lowest BCUT2D eigenvalue weighted by molar-refractivity contribution is 0.0602. The van der Waals surface area contributed by atoms with Gasteiger partial charge in [-0.15, -0.1) is 0 Å². The van der Waals surface area contributed by atoms with Crippen molar-refractivity contribution in [1.82, 2.24) is 0 Å². The van der Waals surface area contributed by atoms with E-state index in [1.165, 1.54) is 7.11 Å². The largest absolute Gasteiger partial charge is 0.492 e. The van der Waals surface area contributed by atoms with Gasteiger partial charge in [0.05, 0.1) is 36.3 Å². The predicted molar refractivity (Wildman–Crippen MR) is 83.1 cm³/mol. The predicted octanol–water partition coefficient (Wildman–Crippen LogP) is 3.20. The number of methoxy groups -OCH3 is 1. The number of hydrogen-bond donors (Lipinski definition) is 2. The lowest BCUT2D eigenvalue weighted by atomic mass is 10.1. The molecule has 2 rings (SSSR count). The Morgan fingerprint density at radius 3 is 2.67 bits per heavy atom. The summed E-state index contributed by atoms with van der Waals surface area (Å²) in [6.07, 6.45) is 0. The van der Waals surface area contributed by atoms with Gasteiger partial charge >= 0.3 is 5.97 Å². The fourth-order valence-corrected chi connectivity index (χ4v) is 1.98. The quantitative estimate of drug-likeness (QED) is 0.652. The summed E-state index contributed by atoms with van der Waals surface area (Å²) < 4.78 is 10.3. The third-order valence-electron chi connectivity index (χ3n) is 2.95. The van der Waals surface area contributed by atoms with E-state index in [0.717, 1.165) is 5.69 Å². The summed E-state index contributed by atoms with van der Waals surface area (Å²) in [6.45, 7) is 2.46. The molecule has 21 heavy (non-hydrogen) atoms. The normalized spacial score (nSPS) is 10.0. The second-order valence-corrected chi connectivity index (χ2v) is 4.32. The Labute approximate surface area is 123 Å². The smallest absolute Gasteiger partial charge is 0.340 e. The summed E-state index contributed by atoms with van der Waals surface area (Å²) in [6, 6.07) is 12.6. The lowest BCUT2D eigenvalue weighted by Crippen LogP contribution is -2.08. The van der Waals surface area contributed by atoms with Gasteiger partial charge < -0.3 is 20.5 Å². The van der Waals surface area contributed by atoms with Crippen molar-refractivity contribution in [3.8, 4) is 5.75 Å². The number of rotatable bonds is 5.